The summed E-state index contributed by atoms with van der Waals surface area (Å²) in [4.78, 5) is 18.9. The van der Waals surface area contributed by atoms with Gasteiger partial charge in [-0.05, 0) is 0 Å². The van der Waals surface area contributed by atoms with Crippen molar-refractivity contribution in [2.24, 2.45) is 0 Å². The standard InChI is InChI=1S/C7H8N4O/c8-7-10-1-4-5(11-7)2-9-3-6(4)12/h1,9H,2-3H2,(H2,8,10,11). The number of carbonyl (C=O) groups excluding carboxylic acids is 1. The topological polar surface area (TPSA) is 80.9 Å². The summed E-state index contributed by atoms with van der Waals surface area (Å²) in [5, 5.41) is 2.92. The molecule has 0 saturated heterocycles. The highest BCUT2D eigenvalue weighted by Crippen LogP contribution is 2.10. The van der Waals surface area contributed by atoms with E-state index < -0.39 is 0 Å². The molecule has 0 aliphatic carbocycles. The predicted octanol–water partition coefficient (Wildman–Crippen LogP) is -0.655. The molecule has 0 aromatic carbocycles. The number of Topliss-reactive ketones (excluding diaryl/α,β-unsaturated/α-hetero) is 1. The zero-order valence-electron chi connectivity index (χ0n) is 6.37. The number of anilines is 1. The number of hydrogen-bond acceptors (Lipinski definition) is 5. The Bertz CT molecular complexity index is 336. The Balaban J connectivity index is 2.53. The van der Waals surface area contributed by atoms with Crippen molar-refractivity contribution in [1.29, 1.82) is 0 Å². The summed E-state index contributed by atoms with van der Waals surface area (Å²) in [6.07, 6.45) is 1.49. The fourth-order valence-corrected chi connectivity index (χ4v) is 1.19. The van der Waals surface area contributed by atoms with Crippen molar-refractivity contribution in [3.05, 3.63) is 17.5 Å². The first kappa shape index (κ1) is 7.17. The van der Waals surface area contributed by atoms with E-state index in [-0.39, 0.29) is 11.7 Å². The van der Waals surface area contributed by atoms with Crippen molar-refractivity contribution in [3.8, 4) is 0 Å². The summed E-state index contributed by atoms with van der Waals surface area (Å²) in [5.41, 5.74) is 6.65. The highest BCUT2D eigenvalue weighted by Gasteiger charge is 2.17. The van der Waals surface area contributed by atoms with Crippen molar-refractivity contribution in [1.82, 2.24) is 15.3 Å². The summed E-state index contributed by atoms with van der Waals surface area (Å²) >= 11 is 0. The molecule has 0 unspecified atom stereocenters. The second-order valence-electron chi connectivity index (χ2n) is 2.62. The van der Waals surface area contributed by atoms with E-state index in [1.807, 2.05) is 0 Å². The maximum atomic E-state index is 11.2. The Kier molecular flexibility index (Phi) is 1.51. The largest absolute Gasteiger partial charge is 0.368 e. The van der Waals surface area contributed by atoms with Crippen LogP contribution in [-0.4, -0.2) is 22.3 Å². The Hall–Kier alpha value is -1.49. The van der Waals surface area contributed by atoms with Gasteiger partial charge in [0.25, 0.3) is 0 Å². The number of carbonyl (C=O) groups is 1. The molecular formula is C7H8N4O. The molecule has 1 aliphatic rings. The summed E-state index contributed by atoms with van der Waals surface area (Å²) in [6.45, 7) is 0.952. The first-order valence-corrected chi connectivity index (χ1v) is 3.62. The molecule has 0 amide bonds. The van der Waals surface area contributed by atoms with Crippen LogP contribution in [0, 0.1) is 0 Å². The monoisotopic (exact) mass is 164 g/mol. The SMILES string of the molecule is Nc1ncc2c(n1)CNCC2=O. The van der Waals surface area contributed by atoms with Crippen LogP contribution in [0.2, 0.25) is 0 Å². The van der Waals surface area contributed by atoms with Crippen molar-refractivity contribution in [2.75, 3.05) is 12.3 Å². The number of ketones is 1. The van der Waals surface area contributed by atoms with Crippen LogP contribution in [0.5, 0.6) is 0 Å². The molecule has 5 nitrogen and oxygen atoms in total. The molecule has 1 aromatic heterocycles. The molecule has 0 bridgehead atoms. The maximum absolute atomic E-state index is 11.2. The van der Waals surface area contributed by atoms with Crippen molar-refractivity contribution in [3.63, 3.8) is 0 Å². The minimum absolute atomic E-state index is 0.0243. The smallest absolute Gasteiger partial charge is 0.220 e. The first-order valence-electron chi connectivity index (χ1n) is 3.62. The van der Waals surface area contributed by atoms with Gasteiger partial charge in [0.1, 0.15) is 0 Å². The lowest BCUT2D eigenvalue weighted by atomic mass is 10.1. The van der Waals surface area contributed by atoms with E-state index in [1.165, 1.54) is 6.20 Å². The average Bonchev–Trinajstić information content (AvgIpc) is 2.04. The van der Waals surface area contributed by atoms with Gasteiger partial charge in [-0.25, -0.2) is 9.97 Å². The Labute approximate surface area is 69.0 Å². The van der Waals surface area contributed by atoms with Crippen LogP contribution in [0.25, 0.3) is 0 Å². The van der Waals surface area contributed by atoms with Crippen LogP contribution in [0.1, 0.15) is 16.1 Å². The lowest BCUT2D eigenvalue weighted by molar-refractivity contribution is 0.0981. The van der Waals surface area contributed by atoms with Crippen molar-refractivity contribution in [2.45, 2.75) is 6.54 Å². The number of hydrogen-bond donors (Lipinski definition) is 2. The predicted molar refractivity (Wildman–Crippen MR) is 42.5 cm³/mol. The van der Waals surface area contributed by atoms with Crippen LogP contribution in [0.3, 0.4) is 0 Å². The summed E-state index contributed by atoms with van der Waals surface area (Å²) < 4.78 is 0. The lowest BCUT2D eigenvalue weighted by Gasteiger charge is -2.13. The fraction of sp³-hybridized carbons (Fsp3) is 0.286. The van der Waals surface area contributed by atoms with E-state index in [0.29, 0.717) is 24.3 Å². The van der Waals surface area contributed by atoms with Crippen LogP contribution < -0.4 is 11.1 Å². The molecule has 3 N–H and O–H groups in total. The zero-order valence-corrected chi connectivity index (χ0v) is 6.37. The Morgan fingerprint density at radius 2 is 2.33 bits per heavy atom. The van der Waals surface area contributed by atoms with E-state index in [9.17, 15) is 4.79 Å². The normalized spacial score (nSPS) is 15.8. The lowest BCUT2D eigenvalue weighted by Crippen LogP contribution is -2.31. The second kappa shape index (κ2) is 2.53. The summed E-state index contributed by atoms with van der Waals surface area (Å²) in [7, 11) is 0. The van der Waals surface area contributed by atoms with E-state index in [2.05, 4.69) is 15.3 Å². The molecule has 62 valence electrons. The van der Waals surface area contributed by atoms with Gasteiger partial charge >= 0.3 is 0 Å². The minimum Gasteiger partial charge on any atom is -0.368 e. The molecule has 5 heteroatoms. The van der Waals surface area contributed by atoms with Crippen LogP contribution in [0.15, 0.2) is 6.20 Å². The summed E-state index contributed by atoms with van der Waals surface area (Å²) in [5.74, 6) is 0.238. The van der Waals surface area contributed by atoms with E-state index in [1.54, 1.807) is 0 Å². The van der Waals surface area contributed by atoms with E-state index in [0.717, 1.165) is 0 Å². The van der Waals surface area contributed by atoms with Gasteiger partial charge in [-0.3, -0.25) is 4.79 Å². The third-order valence-electron chi connectivity index (χ3n) is 1.76. The van der Waals surface area contributed by atoms with Gasteiger partial charge in [0.2, 0.25) is 5.95 Å². The van der Waals surface area contributed by atoms with E-state index >= 15 is 0 Å². The molecular weight excluding hydrogens is 156 g/mol. The second-order valence-corrected chi connectivity index (χ2v) is 2.62. The molecule has 0 radical (unpaired) electrons. The van der Waals surface area contributed by atoms with Gasteiger partial charge in [-0.2, -0.15) is 0 Å². The van der Waals surface area contributed by atoms with Crippen molar-refractivity contribution < 1.29 is 4.79 Å². The fourth-order valence-electron chi connectivity index (χ4n) is 1.19. The number of nitrogens with zero attached hydrogens (tertiary/aromatic N) is 2. The van der Waals surface area contributed by atoms with Gasteiger partial charge in [-0.15, -0.1) is 0 Å². The van der Waals surface area contributed by atoms with Gasteiger partial charge < -0.3 is 11.1 Å². The molecule has 1 aromatic rings. The number of nitrogen functional groups attached to an aromatic ring is 1. The highest BCUT2D eigenvalue weighted by molar-refractivity contribution is 5.99. The van der Waals surface area contributed by atoms with E-state index in [4.69, 9.17) is 5.73 Å². The summed E-state index contributed by atoms with van der Waals surface area (Å²) in [6, 6.07) is 0. The molecule has 2 rings (SSSR count). The quantitative estimate of drug-likeness (QED) is 0.532. The van der Waals surface area contributed by atoms with Crippen molar-refractivity contribution >= 4 is 11.7 Å². The third kappa shape index (κ3) is 1.04. The molecule has 0 saturated carbocycles. The minimum atomic E-state index is 0.0243. The molecule has 12 heavy (non-hydrogen) atoms. The van der Waals surface area contributed by atoms with Gasteiger partial charge in [0, 0.05) is 12.7 Å². The van der Waals surface area contributed by atoms with Crippen LogP contribution in [0.4, 0.5) is 5.95 Å². The molecule has 0 spiro atoms. The number of fused-ring (bicyclic) bond motifs is 1. The molecule has 2 heterocycles. The van der Waals surface area contributed by atoms with Crippen LogP contribution >= 0.6 is 0 Å². The number of rotatable bonds is 0. The Morgan fingerprint density at radius 1 is 1.50 bits per heavy atom. The van der Waals surface area contributed by atoms with Gasteiger partial charge in [-0.1, -0.05) is 0 Å². The van der Waals surface area contributed by atoms with Gasteiger partial charge in [0.05, 0.1) is 17.8 Å². The third-order valence-corrected chi connectivity index (χ3v) is 1.76. The highest BCUT2D eigenvalue weighted by atomic mass is 16.1. The zero-order chi connectivity index (χ0) is 8.55. The number of aromatic nitrogens is 2. The number of nitrogens with two attached hydrogens (primary N) is 1. The van der Waals surface area contributed by atoms with Gasteiger partial charge in [0.15, 0.2) is 5.78 Å². The average molecular weight is 164 g/mol. The maximum Gasteiger partial charge on any atom is 0.220 e. The first-order chi connectivity index (χ1) is 5.77. The van der Waals surface area contributed by atoms with Crippen LogP contribution in [-0.2, 0) is 6.54 Å². The molecule has 1 aliphatic heterocycles. The molecule has 0 fully saturated rings. The Morgan fingerprint density at radius 3 is 3.17 bits per heavy atom. The number of nitrogens with one attached hydrogen (secondary N) is 1. The molecule has 0 atom stereocenters.